The van der Waals surface area contributed by atoms with Crippen LogP contribution in [-0.2, 0) is 19.4 Å². The van der Waals surface area contributed by atoms with Crippen LogP contribution in [0.3, 0.4) is 0 Å². The van der Waals surface area contributed by atoms with Crippen LogP contribution in [0.4, 0.5) is 0 Å². The maximum atomic E-state index is 13.0. The minimum atomic E-state index is 0.213. The van der Waals surface area contributed by atoms with Crippen molar-refractivity contribution in [3.63, 3.8) is 0 Å². The Bertz CT molecular complexity index is 984. The van der Waals surface area contributed by atoms with Crippen LogP contribution in [0.1, 0.15) is 39.2 Å². The van der Waals surface area contributed by atoms with Gasteiger partial charge in [0, 0.05) is 43.0 Å². The monoisotopic (exact) mass is 427 g/mol. The first kappa shape index (κ1) is 19.0. The number of thiophene rings is 1. The fourth-order valence-electron chi connectivity index (χ4n) is 4.20. The van der Waals surface area contributed by atoms with E-state index in [0.717, 1.165) is 72.8 Å². The van der Waals surface area contributed by atoms with Gasteiger partial charge in [0.2, 0.25) is 0 Å². The van der Waals surface area contributed by atoms with E-state index in [-0.39, 0.29) is 5.91 Å². The summed E-state index contributed by atoms with van der Waals surface area (Å²) in [5.74, 6) is 1.78. The first-order chi connectivity index (χ1) is 14.2. The van der Waals surface area contributed by atoms with E-state index in [4.69, 9.17) is 9.40 Å². The second kappa shape index (κ2) is 8.05. The predicted molar refractivity (Wildman–Crippen MR) is 117 cm³/mol. The van der Waals surface area contributed by atoms with Crippen molar-refractivity contribution in [1.82, 2.24) is 14.8 Å². The maximum Gasteiger partial charge on any atom is 0.264 e. The molecular formula is C22H25N3O2S2. The van der Waals surface area contributed by atoms with Crippen LogP contribution in [0.5, 0.6) is 0 Å². The average Bonchev–Trinajstić information content (AvgIpc) is 3.48. The average molecular weight is 428 g/mol. The number of hydrogen-bond acceptors (Lipinski definition) is 6. The molecule has 5 nitrogen and oxygen atoms in total. The summed E-state index contributed by atoms with van der Waals surface area (Å²) in [6.45, 7) is 6.48. The Morgan fingerprint density at radius 3 is 2.97 bits per heavy atom. The van der Waals surface area contributed by atoms with E-state index in [0.29, 0.717) is 0 Å². The van der Waals surface area contributed by atoms with Gasteiger partial charge in [-0.1, -0.05) is 6.92 Å². The normalized spacial score (nSPS) is 20.0. The molecule has 0 N–H and O–H groups in total. The summed E-state index contributed by atoms with van der Waals surface area (Å²) in [5, 5.41) is 3.03. The van der Waals surface area contributed by atoms with Gasteiger partial charge in [-0.2, -0.15) is 0 Å². The first-order valence-corrected chi connectivity index (χ1v) is 12.0. The van der Waals surface area contributed by atoms with E-state index in [9.17, 15) is 4.79 Å². The molecule has 3 aromatic heterocycles. The molecule has 0 saturated carbocycles. The Labute approximate surface area is 179 Å². The van der Waals surface area contributed by atoms with Gasteiger partial charge in [0.05, 0.1) is 16.8 Å². The summed E-state index contributed by atoms with van der Waals surface area (Å²) in [4.78, 5) is 24.5. The third-order valence-corrected chi connectivity index (χ3v) is 8.00. The van der Waals surface area contributed by atoms with E-state index >= 15 is 0 Å². The highest BCUT2D eigenvalue weighted by molar-refractivity contribution is 7.14. The Balaban J connectivity index is 1.17. The SMILES string of the molecule is CC1CCc2sc(C(=O)N3CCN(Cc4csc(-c5ccco5)n4)CC3)cc2C1. The van der Waals surface area contributed by atoms with Crippen molar-refractivity contribution in [2.24, 2.45) is 5.92 Å². The fourth-order valence-corrected chi connectivity index (χ4v) is 6.15. The summed E-state index contributed by atoms with van der Waals surface area (Å²) in [6.07, 6.45) is 5.19. The number of aromatic nitrogens is 1. The lowest BCUT2D eigenvalue weighted by Crippen LogP contribution is -2.48. The first-order valence-electron chi connectivity index (χ1n) is 10.3. The largest absolute Gasteiger partial charge is 0.462 e. The topological polar surface area (TPSA) is 49.6 Å². The summed E-state index contributed by atoms with van der Waals surface area (Å²) in [7, 11) is 0. The number of carbonyl (C=O) groups is 1. The molecule has 5 rings (SSSR count). The molecule has 3 aromatic rings. The van der Waals surface area contributed by atoms with E-state index in [1.54, 1.807) is 28.9 Å². The number of carbonyl (C=O) groups excluding carboxylic acids is 1. The lowest BCUT2D eigenvalue weighted by atomic mass is 9.90. The smallest absolute Gasteiger partial charge is 0.264 e. The van der Waals surface area contributed by atoms with E-state index in [1.165, 1.54) is 16.9 Å². The van der Waals surface area contributed by atoms with Crippen molar-refractivity contribution in [3.05, 3.63) is 50.9 Å². The Hall–Kier alpha value is -1.96. The van der Waals surface area contributed by atoms with Gasteiger partial charge in [-0.15, -0.1) is 22.7 Å². The van der Waals surface area contributed by atoms with Gasteiger partial charge in [-0.25, -0.2) is 4.98 Å². The van der Waals surface area contributed by atoms with Gasteiger partial charge in [0.1, 0.15) is 0 Å². The second-order valence-electron chi connectivity index (χ2n) is 8.10. The minimum absolute atomic E-state index is 0.213. The van der Waals surface area contributed by atoms with Gasteiger partial charge in [-0.3, -0.25) is 9.69 Å². The molecule has 1 fully saturated rings. The van der Waals surface area contributed by atoms with E-state index in [2.05, 4.69) is 23.3 Å². The third-order valence-electron chi connectivity index (χ3n) is 5.87. The van der Waals surface area contributed by atoms with Crippen molar-refractivity contribution < 1.29 is 9.21 Å². The minimum Gasteiger partial charge on any atom is -0.462 e. The lowest BCUT2D eigenvalue weighted by Gasteiger charge is -2.34. The molecule has 1 aliphatic heterocycles. The molecule has 7 heteroatoms. The molecule has 29 heavy (non-hydrogen) atoms. The number of rotatable bonds is 4. The number of amides is 1. The number of furan rings is 1. The Morgan fingerprint density at radius 1 is 1.31 bits per heavy atom. The maximum absolute atomic E-state index is 13.0. The van der Waals surface area contributed by atoms with Crippen LogP contribution in [-0.4, -0.2) is 46.9 Å². The Kier molecular flexibility index (Phi) is 5.28. The highest BCUT2D eigenvalue weighted by Gasteiger charge is 2.26. The predicted octanol–water partition coefficient (Wildman–Crippen LogP) is 4.55. The van der Waals surface area contributed by atoms with Crippen molar-refractivity contribution in [1.29, 1.82) is 0 Å². The zero-order chi connectivity index (χ0) is 19.8. The Morgan fingerprint density at radius 2 is 2.17 bits per heavy atom. The second-order valence-corrected chi connectivity index (χ2v) is 10.1. The highest BCUT2D eigenvalue weighted by atomic mass is 32.1. The van der Waals surface area contributed by atoms with Gasteiger partial charge in [0.25, 0.3) is 5.91 Å². The quantitative estimate of drug-likeness (QED) is 0.613. The number of piperazine rings is 1. The molecule has 1 atom stereocenters. The number of fused-ring (bicyclic) bond motifs is 1. The van der Waals surface area contributed by atoms with Gasteiger partial charge >= 0.3 is 0 Å². The number of nitrogens with zero attached hydrogens (tertiary/aromatic N) is 3. The number of aryl methyl sites for hydroxylation is 1. The molecule has 1 unspecified atom stereocenters. The van der Waals surface area contributed by atoms with E-state index < -0.39 is 0 Å². The number of hydrogen-bond donors (Lipinski definition) is 0. The molecule has 152 valence electrons. The molecule has 1 saturated heterocycles. The van der Waals surface area contributed by atoms with Crippen molar-refractivity contribution in [2.45, 2.75) is 32.7 Å². The van der Waals surface area contributed by atoms with Crippen LogP contribution in [0.2, 0.25) is 0 Å². The lowest BCUT2D eigenvalue weighted by molar-refractivity contribution is 0.0632. The molecule has 1 amide bonds. The third kappa shape index (κ3) is 4.04. The molecule has 0 aromatic carbocycles. The molecule has 4 heterocycles. The molecule has 2 aliphatic rings. The molecule has 1 aliphatic carbocycles. The van der Waals surface area contributed by atoms with E-state index in [1.807, 2.05) is 17.0 Å². The van der Waals surface area contributed by atoms with Gasteiger partial charge in [0.15, 0.2) is 10.8 Å². The van der Waals surface area contributed by atoms with Crippen molar-refractivity contribution in [2.75, 3.05) is 26.2 Å². The zero-order valence-electron chi connectivity index (χ0n) is 16.6. The summed E-state index contributed by atoms with van der Waals surface area (Å²) < 4.78 is 5.43. The molecule has 0 bridgehead atoms. The molecule has 0 radical (unpaired) electrons. The molecular weight excluding hydrogens is 402 g/mol. The van der Waals surface area contributed by atoms with Crippen LogP contribution < -0.4 is 0 Å². The fraction of sp³-hybridized carbons (Fsp3) is 0.455. The van der Waals surface area contributed by atoms with Crippen molar-refractivity contribution >= 4 is 28.6 Å². The zero-order valence-corrected chi connectivity index (χ0v) is 18.2. The molecule has 0 spiro atoms. The van der Waals surface area contributed by atoms with Gasteiger partial charge in [-0.05, 0) is 48.9 Å². The summed E-state index contributed by atoms with van der Waals surface area (Å²) in [5.41, 5.74) is 2.48. The summed E-state index contributed by atoms with van der Waals surface area (Å²) >= 11 is 3.34. The van der Waals surface area contributed by atoms with Crippen molar-refractivity contribution in [3.8, 4) is 10.8 Å². The standard InChI is InChI=1S/C22H25N3O2S2/c1-15-4-5-19-16(11-15)12-20(29-19)22(26)25-8-6-24(7-9-25)13-17-14-28-21(23-17)18-3-2-10-27-18/h2-3,10,12,14-15H,4-9,11,13H2,1H3. The highest BCUT2D eigenvalue weighted by Crippen LogP contribution is 2.33. The van der Waals surface area contributed by atoms with Crippen LogP contribution in [0, 0.1) is 5.92 Å². The van der Waals surface area contributed by atoms with Crippen LogP contribution >= 0.6 is 22.7 Å². The van der Waals surface area contributed by atoms with Crippen LogP contribution in [0.25, 0.3) is 10.8 Å². The van der Waals surface area contributed by atoms with Crippen LogP contribution in [0.15, 0.2) is 34.3 Å². The number of thiazole rings is 1. The van der Waals surface area contributed by atoms with Gasteiger partial charge < -0.3 is 9.32 Å². The summed E-state index contributed by atoms with van der Waals surface area (Å²) in [6, 6.07) is 5.99.